The van der Waals surface area contributed by atoms with Crippen LogP contribution in [-0.4, -0.2) is 9.49 Å². The zero-order chi connectivity index (χ0) is 5.11. The minimum absolute atomic E-state index is 1.48. The van der Waals surface area contributed by atoms with Gasteiger partial charge in [-0.2, -0.15) is 0 Å². The minimum atomic E-state index is -1.63. The first-order valence-corrected chi connectivity index (χ1v) is 2.93. The summed E-state index contributed by atoms with van der Waals surface area (Å²) in [5, 5.41) is 0. The summed E-state index contributed by atoms with van der Waals surface area (Å²) in [5.74, 6) is 0. The smallest absolute Gasteiger partial charge is 0.322 e. The molecule has 0 aliphatic rings. The van der Waals surface area contributed by atoms with E-state index in [1.807, 2.05) is 0 Å². The third-order valence-corrected chi connectivity index (χ3v) is 1.16. The topological polar surface area (TPSA) is 48.8 Å². The number of aromatic nitrogens is 2. The van der Waals surface area contributed by atoms with Gasteiger partial charge in [0.15, 0.2) is 0 Å². The highest BCUT2D eigenvalue weighted by atomic mass is 31.1. The molecule has 0 saturated carbocycles. The van der Waals surface area contributed by atoms with Gasteiger partial charge < -0.3 is 4.89 Å². The molecule has 0 unspecified atom stereocenters. The standard InChI is InChI=1S/C3H3N2OP/c6-7-4-2-1-3-5-7/h1-3H. The largest absolute Gasteiger partial charge is 0.588 e. The quantitative estimate of drug-likeness (QED) is 0.472. The monoisotopic (exact) mass is 114 g/mol. The molecule has 7 heavy (non-hydrogen) atoms. The lowest BCUT2D eigenvalue weighted by Crippen LogP contribution is -1.87. The Morgan fingerprint density at radius 1 is 1.29 bits per heavy atom. The molecule has 3 nitrogen and oxygen atoms in total. The molecule has 1 aromatic rings. The van der Waals surface area contributed by atoms with Crippen LogP contribution in [0.3, 0.4) is 0 Å². The van der Waals surface area contributed by atoms with E-state index in [0.717, 1.165) is 0 Å². The molecule has 1 rings (SSSR count). The van der Waals surface area contributed by atoms with Gasteiger partial charge in [0.05, 0.1) is 12.4 Å². The predicted octanol–water partition coefficient (Wildman–Crippen LogP) is -0.132. The van der Waals surface area contributed by atoms with Gasteiger partial charge >= 0.3 is 8.08 Å². The van der Waals surface area contributed by atoms with Crippen LogP contribution in [0, 0.1) is 0 Å². The van der Waals surface area contributed by atoms with E-state index in [0.29, 0.717) is 0 Å². The van der Waals surface area contributed by atoms with Crippen LogP contribution >= 0.6 is 8.08 Å². The summed E-state index contributed by atoms with van der Waals surface area (Å²) < 4.78 is 6.92. The second-order valence-corrected chi connectivity index (χ2v) is 1.94. The molecule has 0 radical (unpaired) electrons. The predicted molar refractivity (Wildman–Crippen MR) is 24.5 cm³/mol. The normalized spacial score (nSPS) is 8.71. The number of rotatable bonds is 0. The minimum Gasteiger partial charge on any atom is -0.588 e. The number of hydrogen-bond donors (Lipinski definition) is 0. The molecule has 36 valence electrons. The fourth-order valence-electron chi connectivity index (χ4n) is 0.259. The van der Waals surface area contributed by atoms with Crippen molar-refractivity contribution in [3.8, 4) is 0 Å². The first-order valence-electron chi connectivity index (χ1n) is 1.77. The highest BCUT2D eigenvalue weighted by Gasteiger charge is 1.83. The van der Waals surface area contributed by atoms with E-state index in [9.17, 15) is 4.89 Å². The van der Waals surface area contributed by atoms with Gasteiger partial charge in [-0.25, -0.2) is 0 Å². The van der Waals surface area contributed by atoms with Crippen LogP contribution in [0.5, 0.6) is 0 Å². The van der Waals surface area contributed by atoms with Gasteiger partial charge in [0.1, 0.15) is 0 Å². The molecule has 0 bridgehead atoms. The summed E-state index contributed by atoms with van der Waals surface area (Å²) in [4.78, 5) is 10.2. The van der Waals surface area contributed by atoms with Crippen molar-refractivity contribution < 1.29 is 4.89 Å². The Morgan fingerprint density at radius 3 is 2.14 bits per heavy atom. The second kappa shape index (κ2) is 1.96. The van der Waals surface area contributed by atoms with Crippen LogP contribution in [0.15, 0.2) is 18.5 Å². The van der Waals surface area contributed by atoms with E-state index in [1.165, 1.54) is 12.4 Å². The Labute approximate surface area is 42.0 Å². The summed E-state index contributed by atoms with van der Waals surface area (Å²) >= 11 is 0. The lowest BCUT2D eigenvalue weighted by atomic mass is 10.7. The van der Waals surface area contributed by atoms with Gasteiger partial charge in [0, 0.05) is 0 Å². The summed E-state index contributed by atoms with van der Waals surface area (Å²) in [6.07, 6.45) is 2.96. The lowest BCUT2D eigenvalue weighted by molar-refractivity contribution is -0.155. The molecule has 0 aliphatic heterocycles. The van der Waals surface area contributed by atoms with Gasteiger partial charge in [-0.3, -0.25) is 0 Å². The molecule has 0 aliphatic carbocycles. The maximum absolute atomic E-state index is 10.2. The van der Waals surface area contributed by atoms with Crippen LogP contribution in [0.4, 0.5) is 0 Å². The molecule has 0 amide bonds. The fraction of sp³-hybridized carbons (Fsp3) is 0. The van der Waals surface area contributed by atoms with Crippen LogP contribution < -0.4 is 4.89 Å². The molecule has 0 N–H and O–H groups in total. The highest BCUT2D eigenvalue weighted by molar-refractivity contribution is 7.33. The van der Waals surface area contributed by atoms with E-state index in [1.54, 1.807) is 6.07 Å². The van der Waals surface area contributed by atoms with Crippen molar-refractivity contribution in [3.63, 3.8) is 0 Å². The first-order chi connectivity index (χ1) is 3.39. The summed E-state index contributed by atoms with van der Waals surface area (Å²) in [6.45, 7) is 0. The van der Waals surface area contributed by atoms with Gasteiger partial charge in [0.25, 0.3) is 0 Å². The summed E-state index contributed by atoms with van der Waals surface area (Å²) in [7, 11) is -1.63. The van der Waals surface area contributed by atoms with Crippen LogP contribution in [0.25, 0.3) is 0 Å². The lowest BCUT2D eigenvalue weighted by Gasteiger charge is -1.76. The third-order valence-electron chi connectivity index (χ3n) is 0.503. The molecular formula is C3H3N2OP. The molecule has 1 heterocycles. The van der Waals surface area contributed by atoms with Crippen LogP contribution in [0.1, 0.15) is 0 Å². The van der Waals surface area contributed by atoms with E-state index in [4.69, 9.17) is 0 Å². The van der Waals surface area contributed by atoms with Gasteiger partial charge in [-0.1, -0.05) is 9.49 Å². The van der Waals surface area contributed by atoms with E-state index in [-0.39, 0.29) is 0 Å². The van der Waals surface area contributed by atoms with E-state index in [2.05, 4.69) is 9.49 Å². The van der Waals surface area contributed by atoms with Crippen molar-refractivity contribution >= 4 is 8.08 Å². The zero-order valence-electron chi connectivity index (χ0n) is 3.48. The summed E-state index contributed by atoms with van der Waals surface area (Å²) in [6, 6.07) is 1.64. The second-order valence-electron chi connectivity index (χ2n) is 0.974. The maximum Gasteiger partial charge on any atom is 0.322 e. The first kappa shape index (κ1) is 4.62. The molecule has 4 heteroatoms. The SMILES string of the molecule is [O-][p+]1ncccn1. The van der Waals surface area contributed by atoms with Crippen LogP contribution in [0.2, 0.25) is 0 Å². The molecule has 0 fully saturated rings. The van der Waals surface area contributed by atoms with E-state index < -0.39 is 8.08 Å². The van der Waals surface area contributed by atoms with Gasteiger partial charge in [-0.15, -0.1) is 0 Å². The molecule has 0 saturated heterocycles. The Morgan fingerprint density at radius 2 is 1.86 bits per heavy atom. The molecule has 0 spiro atoms. The number of hydrogen-bond acceptors (Lipinski definition) is 3. The molecule has 0 aromatic carbocycles. The average molecular weight is 114 g/mol. The highest BCUT2D eigenvalue weighted by Crippen LogP contribution is 1.97. The Hall–Kier alpha value is -0.530. The van der Waals surface area contributed by atoms with E-state index >= 15 is 0 Å². The molecule has 1 aromatic heterocycles. The van der Waals surface area contributed by atoms with Crippen molar-refractivity contribution in [2.75, 3.05) is 0 Å². The zero-order valence-corrected chi connectivity index (χ0v) is 4.38. The van der Waals surface area contributed by atoms with Crippen molar-refractivity contribution in [1.29, 1.82) is 0 Å². The van der Waals surface area contributed by atoms with Crippen molar-refractivity contribution in [1.82, 2.24) is 9.49 Å². The van der Waals surface area contributed by atoms with Gasteiger partial charge in [-0.05, 0) is 6.07 Å². The van der Waals surface area contributed by atoms with Crippen LogP contribution in [-0.2, 0) is 0 Å². The van der Waals surface area contributed by atoms with Gasteiger partial charge in [0.2, 0.25) is 0 Å². The van der Waals surface area contributed by atoms with Crippen molar-refractivity contribution in [2.45, 2.75) is 0 Å². The fourth-order valence-corrected chi connectivity index (χ4v) is 0.701. The maximum atomic E-state index is 10.2. The molecule has 0 atom stereocenters. The average Bonchev–Trinajstić information content (AvgIpc) is 1.69. The van der Waals surface area contributed by atoms with Crippen molar-refractivity contribution in [3.05, 3.63) is 18.5 Å². The Bertz CT molecular complexity index is 143. The van der Waals surface area contributed by atoms with Crippen molar-refractivity contribution in [2.24, 2.45) is 0 Å². The Balaban J connectivity index is 3.02. The molecular weight excluding hydrogens is 111 g/mol. The third kappa shape index (κ3) is 1.18. The summed E-state index contributed by atoms with van der Waals surface area (Å²) in [5.41, 5.74) is 0. The Kier molecular flexibility index (Phi) is 1.29. The number of nitrogens with zero attached hydrogens (tertiary/aromatic N) is 2.